The molecule has 1 aromatic carbocycles. The van der Waals surface area contributed by atoms with Gasteiger partial charge in [-0.2, -0.15) is 0 Å². The Kier molecular flexibility index (Phi) is 3.75. The van der Waals surface area contributed by atoms with E-state index in [1.807, 2.05) is 0 Å². The molecule has 1 aliphatic heterocycles. The van der Waals surface area contributed by atoms with Crippen LogP contribution in [0.25, 0.3) is 0 Å². The highest BCUT2D eigenvalue weighted by atomic mass is 16.5. The fraction of sp³-hybridized carbons (Fsp3) is 0.385. The number of benzene rings is 1. The summed E-state index contributed by atoms with van der Waals surface area (Å²) in [4.78, 5) is 22.5. The lowest BCUT2D eigenvalue weighted by Gasteiger charge is -2.16. The van der Waals surface area contributed by atoms with Crippen LogP contribution in [0, 0.1) is 0 Å². The highest BCUT2D eigenvalue weighted by Crippen LogP contribution is 2.20. The summed E-state index contributed by atoms with van der Waals surface area (Å²) in [5.41, 5.74) is 0.476. The maximum atomic E-state index is 11.7. The smallest absolute Gasteiger partial charge is 0.261 e. The van der Waals surface area contributed by atoms with E-state index in [1.54, 1.807) is 24.3 Å². The molecule has 0 bridgehead atoms. The molecule has 1 atom stereocenters. The molecule has 2 rings (SSSR count). The van der Waals surface area contributed by atoms with Gasteiger partial charge in [-0.1, -0.05) is 12.1 Å². The molecule has 4 nitrogen and oxygen atoms in total. The molecule has 1 heterocycles. The molecule has 1 N–H and O–H groups in total. The number of ether oxygens (including phenoxy) is 1. The summed E-state index contributed by atoms with van der Waals surface area (Å²) < 4.78 is 5.63. The van der Waals surface area contributed by atoms with Gasteiger partial charge < -0.3 is 10.1 Å². The third-order valence-corrected chi connectivity index (χ3v) is 2.80. The van der Waals surface area contributed by atoms with Gasteiger partial charge in [-0.05, 0) is 31.4 Å². The molecule has 4 heteroatoms. The molecule has 1 aromatic rings. The first-order valence-electron chi connectivity index (χ1n) is 5.80. The third-order valence-electron chi connectivity index (χ3n) is 2.80. The molecule has 1 unspecified atom stereocenters. The van der Waals surface area contributed by atoms with Crippen LogP contribution in [-0.4, -0.2) is 24.8 Å². The van der Waals surface area contributed by atoms with Crippen LogP contribution in [0.5, 0.6) is 5.75 Å². The third kappa shape index (κ3) is 2.84. The highest BCUT2D eigenvalue weighted by Gasteiger charge is 2.22. The number of para-hydroxylation sites is 1. The zero-order chi connectivity index (χ0) is 12.1. The monoisotopic (exact) mass is 233 g/mol. The van der Waals surface area contributed by atoms with Crippen molar-refractivity contribution in [3.05, 3.63) is 29.8 Å². The van der Waals surface area contributed by atoms with Crippen molar-refractivity contribution in [3.8, 4) is 5.75 Å². The number of carbonyl (C=O) groups excluding carboxylic acids is 2. The van der Waals surface area contributed by atoms with Gasteiger partial charge in [0.25, 0.3) is 5.91 Å². The van der Waals surface area contributed by atoms with Crippen LogP contribution in [0.1, 0.15) is 29.6 Å². The minimum absolute atomic E-state index is 0.0943. The van der Waals surface area contributed by atoms with Gasteiger partial charge in [-0.15, -0.1) is 0 Å². The molecule has 0 spiro atoms. The number of aldehydes is 1. The predicted octanol–water partition coefficient (Wildman–Crippen LogP) is 1.55. The van der Waals surface area contributed by atoms with E-state index in [9.17, 15) is 9.59 Å². The highest BCUT2D eigenvalue weighted by molar-refractivity contribution is 5.82. The minimum atomic E-state index is -0.487. The SMILES string of the molecule is O=Cc1ccccc1OC1CCCCNC1=O. The number of amides is 1. The lowest BCUT2D eigenvalue weighted by molar-refractivity contribution is -0.127. The summed E-state index contributed by atoms with van der Waals surface area (Å²) in [6.45, 7) is 0.702. The summed E-state index contributed by atoms with van der Waals surface area (Å²) in [6.07, 6.45) is 2.87. The lowest BCUT2D eigenvalue weighted by Crippen LogP contribution is -2.36. The molecule has 1 amide bonds. The largest absolute Gasteiger partial charge is 0.480 e. The van der Waals surface area contributed by atoms with Crippen molar-refractivity contribution >= 4 is 12.2 Å². The summed E-state index contributed by atoms with van der Waals surface area (Å²) >= 11 is 0. The van der Waals surface area contributed by atoms with Crippen LogP contribution in [0.4, 0.5) is 0 Å². The number of hydrogen-bond donors (Lipinski definition) is 1. The molecule has 1 fully saturated rings. The van der Waals surface area contributed by atoms with E-state index in [0.717, 1.165) is 19.1 Å². The Morgan fingerprint density at radius 1 is 1.29 bits per heavy atom. The van der Waals surface area contributed by atoms with Crippen LogP contribution < -0.4 is 10.1 Å². The average molecular weight is 233 g/mol. The summed E-state index contributed by atoms with van der Waals surface area (Å²) in [5.74, 6) is 0.382. The first-order chi connectivity index (χ1) is 8.31. The van der Waals surface area contributed by atoms with Crippen molar-refractivity contribution < 1.29 is 14.3 Å². The van der Waals surface area contributed by atoms with Gasteiger partial charge in [0.2, 0.25) is 0 Å². The van der Waals surface area contributed by atoms with E-state index >= 15 is 0 Å². The van der Waals surface area contributed by atoms with Crippen LogP contribution in [0.2, 0.25) is 0 Å². The molecule has 0 aromatic heterocycles. The topological polar surface area (TPSA) is 55.4 Å². The van der Waals surface area contributed by atoms with Gasteiger partial charge >= 0.3 is 0 Å². The van der Waals surface area contributed by atoms with Crippen molar-refractivity contribution in [2.75, 3.05) is 6.54 Å². The molecular formula is C13H15NO3. The number of rotatable bonds is 3. The molecule has 1 saturated heterocycles. The zero-order valence-electron chi connectivity index (χ0n) is 9.52. The summed E-state index contributed by atoms with van der Waals surface area (Å²) in [6, 6.07) is 6.94. The summed E-state index contributed by atoms with van der Waals surface area (Å²) in [7, 11) is 0. The van der Waals surface area contributed by atoms with Gasteiger partial charge in [0, 0.05) is 6.54 Å². The molecular weight excluding hydrogens is 218 g/mol. The first kappa shape index (κ1) is 11.6. The molecule has 17 heavy (non-hydrogen) atoms. The number of carbonyl (C=O) groups is 2. The first-order valence-corrected chi connectivity index (χ1v) is 5.80. The van der Waals surface area contributed by atoms with Crippen LogP contribution in [-0.2, 0) is 4.79 Å². The van der Waals surface area contributed by atoms with E-state index < -0.39 is 6.10 Å². The maximum absolute atomic E-state index is 11.7. The normalized spacial score (nSPS) is 20.2. The van der Waals surface area contributed by atoms with E-state index in [2.05, 4.69) is 5.32 Å². The van der Waals surface area contributed by atoms with E-state index in [0.29, 0.717) is 24.3 Å². The van der Waals surface area contributed by atoms with E-state index in [-0.39, 0.29) is 5.91 Å². The molecule has 90 valence electrons. The average Bonchev–Trinajstić information content (AvgIpc) is 2.56. The number of nitrogens with one attached hydrogen (secondary N) is 1. The Bertz CT molecular complexity index is 417. The van der Waals surface area contributed by atoms with Crippen LogP contribution >= 0.6 is 0 Å². The number of hydrogen-bond acceptors (Lipinski definition) is 3. The van der Waals surface area contributed by atoms with Gasteiger partial charge in [-0.3, -0.25) is 9.59 Å². The Labute approximate surface area is 100.0 Å². The second-order valence-electron chi connectivity index (χ2n) is 4.05. The van der Waals surface area contributed by atoms with E-state index in [1.165, 1.54) is 0 Å². The Morgan fingerprint density at radius 2 is 2.12 bits per heavy atom. The minimum Gasteiger partial charge on any atom is -0.480 e. The fourth-order valence-electron chi connectivity index (χ4n) is 1.86. The fourth-order valence-corrected chi connectivity index (χ4v) is 1.86. The Hall–Kier alpha value is -1.84. The van der Waals surface area contributed by atoms with Gasteiger partial charge in [0.1, 0.15) is 5.75 Å². The maximum Gasteiger partial charge on any atom is 0.261 e. The van der Waals surface area contributed by atoms with Crippen molar-refractivity contribution in [1.29, 1.82) is 0 Å². The standard InChI is InChI=1S/C13H15NO3/c15-9-10-5-1-2-6-11(10)17-12-7-3-4-8-14-13(12)16/h1-2,5-6,9,12H,3-4,7-8H2,(H,14,16). The van der Waals surface area contributed by atoms with Crippen molar-refractivity contribution in [1.82, 2.24) is 5.32 Å². The molecule has 0 radical (unpaired) electrons. The molecule has 0 aliphatic carbocycles. The van der Waals surface area contributed by atoms with E-state index in [4.69, 9.17) is 4.74 Å². The quantitative estimate of drug-likeness (QED) is 0.806. The second-order valence-corrected chi connectivity index (χ2v) is 4.05. The Balaban J connectivity index is 2.13. The van der Waals surface area contributed by atoms with Crippen molar-refractivity contribution in [2.45, 2.75) is 25.4 Å². The second kappa shape index (κ2) is 5.48. The molecule has 1 aliphatic rings. The van der Waals surface area contributed by atoms with Crippen molar-refractivity contribution in [2.24, 2.45) is 0 Å². The van der Waals surface area contributed by atoms with Gasteiger partial charge in [0.05, 0.1) is 5.56 Å². The predicted molar refractivity (Wildman–Crippen MR) is 63.1 cm³/mol. The van der Waals surface area contributed by atoms with Gasteiger partial charge in [0.15, 0.2) is 12.4 Å². The molecule has 0 saturated carbocycles. The summed E-state index contributed by atoms with van der Waals surface area (Å²) in [5, 5.41) is 2.80. The lowest BCUT2D eigenvalue weighted by atomic mass is 10.1. The van der Waals surface area contributed by atoms with Crippen molar-refractivity contribution in [3.63, 3.8) is 0 Å². The van der Waals surface area contributed by atoms with Gasteiger partial charge in [-0.25, -0.2) is 0 Å². The van der Waals surface area contributed by atoms with Crippen LogP contribution in [0.3, 0.4) is 0 Å². The Morgan fingerprint density at radius 3 is 2.94 bits per heavy atom. The van der Waals surface area contributed by atoms with Crippen LogP contribution in [0.15, 0.2) is 24.3 Å². The zero-order valence-corrected chi connectivity index (χ0v) is 9.52.